The highest BCUT2D eigenvalue weighted by molar-refractivity contribution is 5.34. The van der Waals surface area contributed by atoms with Crippen molar-refractivity contribution in [1.82, 2.24) is 4.90 Å². The Kier molecular flexibility index (Phi) is 3.85. The summed E-state index contributed by atoms with van der Waals surface area (Å²) >= 11 is 0. The van der Waals surface area contributed by atoms with Gasteiger partial charge >= 0.3 is 0 Å². The smallest absolute Gasteiger partial charge is 0.145 e. The predicted molar refractivity (Wildman–Crippen MR) is 49.4 cm³/mol. The van der Waals surface area contributed by atoms with Crippen molar-refractivity contribution in [2.75, 3.05) is 13.1 Å². The van der Waals surface area contributed by atoms with Gasteiger partial charge in [0.25, 0.3) is 0 Å². The molecule has 0 bridgehead atoms. The SMILES string of the molecule is N#CC(C#N)=CN1CCCCCC1. The van der Waals surface area contributed by atoms with Crippen LogP contribution in [0.3, 0.4) is 0 Å². The lowest BCUT2D eigenvalue weighted by Gasteiger charge is -2.16. The molecule has 1 heterocycles. The second-order valence-electron chi connectivity index (χ2n) is 3.22. The third kappa shape index (κ3) is 3.17. The molecule has 0 amide bonds. The van der Waals surface area contributed by atoms with Crippen LogP contribution in [0.25, 0.3) is 0 Å². The maximum Gasteiger partial charge on any atom is 0.145 e. The molecule has 68 valence electrons. The van der Waals surface area contributed by atoms with E-state index in [1.165, 1.54) is 25.7 Å². The molecule has 3 heteroatoms. The third-order valence-electron chi connectivity index (χ3n) is 2.19. The van der Waals surface area contributed by atoms with Crippen LogP contribution in [0.1, 0.15) is 25.7 Å². The molecule has 0 N–H and O–H groups in total. The van der Waals surface area contributed by atoms with Gasteiger partial charge in [-0.25, -0.2) is 0 Å². The van der Waals surface area contributed by atoms with Crippen molar-refractivity contribution in [3.05, 3.63) is 11.8 Å². The zero-order chi connectivity index (χ0) is 9.52. The molecule has 0 atom stereocenters. The van der Waals surface area contributed by atoms with Gasteiger partial charge in [0.1, 0.15) is 17.7 Å². The Morgan fingerprint density at radius 2 is 1.54 bits per heavy atom. The fourth-order valence-corrected chi connectivity index (χ4v) is 1.49. The van der Waals surface area contributed by atoms with Crippen LogP contribution in [0, 0.1) is 22.7 Å². The molecule has 3 nitrogen and oxygen atoms in total. The van der Waals surface area contributed by atoms with Crippen molar-refractivity contribution in [1.29, 1.82) is 10.5 Å². The molecule has 0 aromatic rings. The van der Waals surface area contributed by atoms with Crippen LogP contribution in [0.15, 0.2) is 11.8 Å². The number of nitriles is 2. The summed E-state index contributed by atoms with van der Waals surface area (Å²) in [5.74, 6) is 0. The van der Waals surface area contributed by atoms with Gasteiger partial charge < -0.3 is 4.90 Å². The topological polar surface area (TPSA) is 50.8 Å². The first-order valence-electron chi connectivity index (χ1n) is 4.63. The highest BCUT2D eigenvalue weighted by Crippen LogP contribution is 2.10. The second-order valence-corrected chi connectivity index (χ2v) is 3.22. The summed E-state index contributed by atoms with van der Waals surface area (Å²) in [7, 11) is 0. The Bertz CT molecular complexity index is 243. The maximum atomic E-state index is 8.56. The molecule has 0 aromatic carbocycles. The van der Waals surface area contributed by atoms with Crippen LogP contribution >= 0.6 is 0 Å². The quantitative estimate of drug-likeness (QED) is 0.571. The van der Waals surface area contributed by atoms with E-state index in [-0.39, 0.29) is 5.57 Å². The highest BCUT2D eigenvalue weighted by Gasteiger charge is 2.05. The van der Waals surface area contributed by atoms with Crippen LogP contribution < -0.4 is 0 Å². The summed E-state index contributed by atoms with van der Waals surface area (Å²) < 4.78 is 0. The maximum absolute atomic E-state index is 8.56. The molecule has 0 aromatic heterocycles. The first-order valence-corrected chi connectivity index (χ1v) is 4.63. The predicted octanol–water partition coefficient (Wildman–Crippen LogP) is 1.79. The van der Waals surface area contributed by atoms with E-state index in [9.17, 15) is 0 Å². The van der Waals surface area contributed by atoms with E-state index in [0.29, 0.717) is 0 Å². The lowest BCUT2D eigenvalue weighted by atomic mass is 10.2. The van der Waals surface area contributed by atoms with Crippen molar-refractivity contribution in [2.24, 2.45) is 0 Å². The van der Waals surface area contributed by atoms with Gasteiger partial charge in [-0.2, -0.15) is 10.5 Å². The molecule has 0 radical (unpaired) electrons. The lowest BCUT2D eigenvalue weighted by molar-refractivity contribution is 0.390. The second kappa shape index (κ2) is 5.22. The number of nitrogens with zero attached hydrogens (tertiary/aromatic N) is 3. The Hall–Kier alpha value is -1.48. The fourth-order valence-electron chi connectivity index (χ4n) is 1.49. The Morgan fingerprint density at radius 1 is 1.00 bits per heavy atom. The molecule has 0 saturated carbocycles. The molecule has 0 aliphatic carbocycles. The summed E-state index contributed by atoms with van der Waals surface area (Å²) in [5, 5.41) is 17.1. The number of hydrogen-bond donors (Lipinski definition) is 0. The number of rotatable bonds is 1. The third-order valence-corrected chi connectivity index (χ3v) is 2.19. The first kappa shape index (κ1) is 9.61. The molecule has 13 heavy (non-hydrogen) atoms. The monoisotopic (exact) mass is 175 g/mol. The summed E-state index contributed by atoms with van der Waals surface area (Å²) in [6.07, 6.45) is 6.55. The van der Waals surface area contributed by atoms with E-state index in [1.807, 2.05) is 12.1 Å². The fraction of sp³-hybridized carbons (Fsp3) is 0.600. The average molecular weight is 175 g/mol. The van der Waals surface area contributed by atoms with E-state index in [2.05, 4.69) is 4.90 Å². The van der Waals surface area contributed by atoms with Crippen molar-refractivity contribution in [3.63, 3.8) is 0 Å². The Labute approximate surface area is 78.9 Å². The minimum Gasteiger partial charge on any atom is -0.376 e. The minimum absolute atomic E-state index is 0.210. The van der Waals surface area contributed by atoms with Crippen LogP contribution in [-0.4, -0.2) is 18.0 Å². The van der Waals surface area contributed by atoms with Crippen LogP contribution in [0.5, 0.6) is 0 Å². The normalized spacial score (nSPS) is 16.6. The molecular weight excluding hydrogens is 162 g/mol. The zero-order valence-corrected chi connectivity index (χ0v) is 7.66. The van der Waals surface area contributed by atoms with Crippen molar-refractivity contribution in [2.45, 2.75) is 25.7 Å². The van der Waals surface area contributed by atoms with Gasteiger partial charge in [-0.05, 0) is 12.8 Å². The minimum atomic E-state index is 0.210. The van der Waals surface area contributed by atoms with Gasteiger partial charge in [0.15, 0.2) is 0 Å². The number of allylic oxidation sites excluding steroid dienone is 1. The van der Waals surface area contributed by atoms with Crippen molar-refractivity contribution >= 4 is 0 Å². The summed E-state index contributed by atoms with van der Waals surface area (Å²) in [6.45, 7) is 1.96. The molecule has 0 unspecified atom stereocenters. The standard InChI is InChI=1S/C10H13N3/c11-7-10(8-12)9-13-5-3-1-2-4-6-13/h9H,1-6H2. The van der Waals surface area contributed by atoms with Crippen molar-refractivity contribution in [3.8, 4) is 12.1 Å². The van der Waals surface area contributed by atoms with Gasteiger partial charge in [-0.3, -0.25) is 0 Å². The van der Waals surface area contributed by atoms with E-state index in [0.717, 1.165) is 13.1 Å². The van der Waals surface area contributed by atoms with Crippen molar-refractivity contribution < 1.29 is 0 Å². The molecule has 0 spiro atoms. The summed E-state index contributed by atoms with van der Waals surface area (Å²) in [6, 6.07) is 3.76. The molecule has 1 aliphatic heterocycles. The van der Waals surface area contributed by atoms with E-state index < -0.39 is 0 Å². The zero-order valence-electron chi connectivity index (χ0n) is 7.66. The van der Waals surface area contributed by atoms with E-state index >= 15 is 0 Å². The lowest BCUT2D eigenvalue weighted by Crippen LogP contribution is -2.18. The first-order chi connectivity index (χ1) is 6.36. The molecule has 1 rings (SSSR count). The number of likely N-dealkylation sites (tertiary alicyclic amines) is 1. The van der Waals surface area contributed by atoms with Gasteiger partial charge in [0.05, 0.1) is 0 Å². The van der Waals surface area contributed by atoms with Gasteiger partial charge in [0.2, 0.25) is 0 Å². The average Bonchev–Trinajstić information content (AvgIpc) is 2.42. The molecule has 1 aliphatic rings. The largest absolute Gasteiger partial charge is 0.376 e. The molecule has 1 fully saturated rings. The highest BCUT2D eigenvalue weighted by atomic mass is 15.1. The number of hydrogen-bond acceptors (Lipinski definition) is 3. The Morgan fingerprint density at radius 3 is 2.00 bits per heavy atom. The summed E-state index contributed by atoms with van der Waals surface area (Å²) in [5.41, 5.74) is 0.210. The van der Waals surface area contributed by atoms with Gasteiger partial charge in [0, 0.05) is 19.3 Å². The van der Waals surface area contributed by atoms with Gasteiger partial charge in [-0.15, -0.1) is 0 Å². The summed E-state index contributed by atoms with van der Waals surface area (Å²) in [4.78, 5) is 2.08. The van der Waals surface area contributed by atoms with E-state index in [4.69, 9.17) is 10.5 Å². The van der Waals surface area contributed by atoms with E-state index in [1.54, 1.807) is 6.20 Å². The van der Waals surface area contributed by atoms with Crippen LogP contribution in [0.2, 0.25) is 0 Å². The van der Waals surface area contributed by atoms with Crippen LogP contribution in [0.4, 0.5) is 0 Å². The molecule has 1 saturated heterocycles. The Balaban J connectivity index is 2.56. The van der Waals surface area contributed by atoms with Crippen LogP contribution in [-0.2, 0) is 0 Å². The van der Waals surface area contributed by atoms with Gasteiger partial charge in [-0.1, -0.05) is 12.8 Å². The molecular formula is C10H13N3.